The van der Waals surface area contributed by atoms with Crippen LogP contribution in [0.1, 0.15) is 45.8 Å². The molecule has 0 radical (unpaired) electrons. The summed E-state index contributed by atoms with van der Waals surface area (Å²) in [4.78, 5) is 31.7. The Hall–Kier alpha value is -3.75. The molecule has 1 saturated heterocycles. The third-order valence-electron chi connectivity index (χ3n) is 7.57. The maximum Gasteiger partial charge on any atom is 0.257 e. The molecule has 0 bridgehead atoms. The molecular formula is C29H29N3O5. The summed E-state index contributed by atoms with van der Waals surface area (Å²) in [5.41, 5.74) is 4.58. The first kappa shape index (κ1) is 23.6. The smallest absolute Gasteiger partial charge is 0.257 e. The first-order valence-electron chi connectivity index (χ1n) is 12.7. The van der Waals surface area contributed by atoms with Crippen molar-refractivity contribution in [2.45, 2.75) is 50.0 Å². The minimum atomic E-state index is -0.528. The number of carbonyl (C=O) groups excluding carboxylic acids is 2. The molecule has 0 saturated carbocycles. The number of pyridine rings is 1. The van der Waals surface area contributed by atoms with Gasteiger partial charge in [0.25, 0.3) is 5.91 Å². The fraction of sp³-hybridized carbons (Fsp3) is 0.345. The van der Waals surface area contributed by atoms with Gasteiger partial charge in [-0.05, 0) is 54.3 Å². The number of hydrogen-bond donors (Lipinski definition) is 2. The molecule has 8 nitrogen and oxygen atoms in total. The van der Waals surface area contributed by atoms with Crippen molar-refractivity contribution in [3.05, 3.63) is 89.2 Å². The molecule has 3 aromatic rings. The lowest BCUT2D eigenvalue weighted by atomic mass is 9.84. The van der Waals surface area contributed by atoms with Crippen LogP contribution in [-0.2, 0) is 22.5 Å². The van der Waals surface area contributed by atoms with E-state index in [1.807, 2.05) is 29.2 Å². The number of carbonyl (C=O) groups is 2. The maximum atomic E-state index is 13.2. The van der Waals surface area contributed by atoms with Gasteiger partial charge in [-0.2, -0.15) is 0 Å². The average Bonchev–Trinajstić information content (AvgIpc) is 3.30. The molecule has 6 rings (SSSR count). The molecule has 3 aliphatic rings. The number of nitrogens with one attached hydrogen (secondary N) is 1. The monoisotopic (exact) mass is 499 g/mol. The number of amides is 2. The van der Waals surface area contributed by atoms with Gasteiger partial charge < -0.3 is 24.8 Å². The molecule has 1 aromatic heterocycles. The van der Waals surface area contributed by atoms with E-state index in [2.05, 4.69) is 22.4 Å². The van der Waals surface area contributed by atoms with E-state index in [-0.39, 0.29) is 43.0 Å². The molecule has 8 heteroatoms. The van der Waals surface area contributed by atoms with Crippen molar-refractivity contribution in [3.63, 3.8) is 0 Å². The number of hydrogen-bond acceptors (Lipinski definition) is 6. The second-order valence-electron chi connectivity index (χ2n) is 9.89. The molecule has 3 aliphatic heterocycles. The highest BCUT2D eigenvalue weighted by molar-refractivity contribution is 6.04. The Morgan fingerprint density at radius 1 is 1.11 bits per heavy atom. The molecular weight excluding hydrogens is 470 g/mol. The lowest BCUT2D eigenvalue weighted by Crippen LogP contribution is -2.48. The average molecular weight is 500 g/mol. The summed E-state index contributed by atoms with van der Waals surface area (Å²) < 4.78 is 12.3. The van der Waals surface area contributed by atoms with Crippen LogP contribution >= 0.6 is 0 Å². The Labute approximate surface area is 215 Å². The molecule has 0 unspecified atom stereocenters. The van der Waals surface area contributed by atoms with Crippen molar-refractivity contribution in [2.24, 2.45) is 0 Å². The summed E-state index contributed by atoms with van der Waals surface area (Å²) in [7, 11) is 0. The molecule has 1 fully saturated rings. The number of rotatable bonds is 5. The van der Waals surface area contributed by atoms with Gasteiger partial charge >= 0.3 is 0 Å². The van der Waals surface area contributed by atoms with Crippen LogP contribution in [0.25, 0.3) is 0 Å². The summed E-state index contributed by atoms with van der Waals surface area (Å²) in [6, 6.07) is 17.2. The minimum Gasteiger partial charge on any atom is -0.487 e. The Bertz CT molecular complexity index is 1310. The minimum absolute atomic E-state index is 0.0453. The highest BCUT2D eigenvalue weighted by Crippen LogP contribution is 2.47. The number of aliphatic hydroxyl groups is 1. The van der Waals surface area contributed by atoms with Gasteiger partial charge in [-0.1, -0.05) is 24.3 Å². The number of ether oxygens (including phenoxy) is 2. The maximum absolute atomic E-state index is 13.2. The van der Waals surface area contributed by atoms with E-state index < -0.39 is 6.10 Å². The molecule has 4 heterocycles. The van der Waals surface area contributed by atoms with E-state index in [1.165, 1.54) is 17.3 Å². The van der Waals surface area contributed by atoms with E-state index in [1.54, 1.807) is 24.4 Å². The summed E-state index contributed by atoms with van der Waals surface area (Å²) in [6.07, 6.45) is 3.67. The second kappa shape index (κ2) is 9.95. The van der Waals surface area contributed by atoms with Gasteiger partial charge in [0.15, 0.2) is 0 Å². The van der Waals surface area contributed by atoms with Gasteiger partial charge in [0.05, 0.1) is 24.7 Å². The standard InChI is InChI=1S/C29H29N3O5/c33-17-26-28-24(13-22(36-26)14-27(34)32-11-9-18-4-1-2-5-20(18)16-32)23-12-21(7-8-25(23)37-28)31-29(35)19-6-3-10-30-15-19/h1-8,10,12,15,22,24,26,28,33H,9,11,13-14,16-17H2,(H,31,35)/t22-,24+,26-,28-/m1/s1. The topological polar surface area (TPSA) is 101 Å². The van der Waals surface area contributed by atoms with Crippen LogP contribution in [0.2, 0.25) is 0 Å². The highest BCUT2D eigenvalue weighted by atomic mass is 16.6. The summed E-state index contributed by atoms with van der Waals surface area (Å²) in [6.45, 7) is 1.12. The zero-order valence-corrected chi connectivity index (χ0v) is 20.4. The Morgan fingerprint density at radius 2 is 1.97 bits per heavy atom. The fourth-order valence-corrected chi connectivity index (χ4v) is 5.70. The first-order chi connectivity index (χ1) is 18.1. The normalized spacial score (nSPS) is 23.9. The molecule has 2 amide bonds. The number of benzene rings is 2. The molecule has 4 atom stereocenters. The molecule has 2 N–H and O–H groups in total. The Kier molecular flexibility index (Phi) is 6.36. The van der Waals surface area contributed by atoms with Crippen molar-refractivity contribution < 1.29 is 24.2 Å². The van der Waals surface area contributed by atoms with Crippen LogP contribution in [0.3, 0.4) is 0 Å². The number of fused-ring (bicyclic) bond motifs is 4. The van der Waals surface area contributed by atoms with Crippen LogP contribution in [0, 0.1) is 0 Å². The van der Waals surface area contributed by atoms with E-state index in [9.17, 15) is 14.7 Å². The summed E-state index contributed by atoms with van der Waals surface area (Å²) >= 11 is 0. The first-order valence-corrected chi connectivity index (χ1v) is 12.7. The van der Waals surface area contributed by atoms with Crippen LogP contribution in [-0.4, -0.2) is 58.3 Å². The number of nitrogens with zero attached hydrogens (tertiary/aromatic N) is 2. The lowest BCUT2D eigenvalue weighted by Gasteiger charge is -2.38. The zero-order chi connectivity index (χ0) is 25.4. The third kappa shape index (κ3) is 4.70. The fourth-order valence-electron chi connectivity index (χ4n) is 5.70. The third-order valence-corrected chi connectivity index (χ3v) is 7.57. The van der Waals surface area contributed by atoms with Gasteiger partial charge in [-0.3, -0.25) is 14.6 Å². The largest absolute Gasteiger partial charge is 0.487 e. The van der Waals surface area contributed by atoms with Gasteiger partial charge in [-0.15, -0.1) is 0 Å². The Morgan fingerprint density at radius 3 is 2.78 bits per heavy atom. The van der Waals surface area contributed by atoms with Crippen molar-refractivity contribution in [3.8, 4) is 5.75 Å². The molecule has 190 valence electrons. The zero-order valence-electron chi connectivity index (χ0n) is 20.4. The quantitative estimate of drug-likeness (QED) is 0.559. The Balaban J connectivity index is 1.16. The molecule has 37 heavy (non-hydrogen) atoms. The lowest BCUT2D eigenvalue weighted by molar-refractivity contribution is -0.149. The summed E-state index contributed by atoms with van der Waals surface area (Å²) in [5, 5.41) is 13.0. The molecule has 2 aromatic carbocycles. The van der Waals surface area contributed by atoms with E-state index in [4.69, 9.17) is 9.47 Å². The van der Waals surface area contributed by atoms with Gasteiger partial charge in [0.1, 0.15) is 18.0 Å². The van der Waals surface area contributed by atoms with Crippen LogP contribution < -0.4 is 10.1 Å². The van der Waals surface area contributed by atoms with Gasteiger partial charge in [0.2, 0.25) is 5.91 Å². The van der Waals surface area contributed by atoms with E-state index >= 15 is 0 Å². The number of aliphatic hydroxyl groups excluding tert-OH is 1. The molecule has 0 aliphatic carbocycles. The van der Waals surface area contributed by atoms with Crippen LogP contribution in [0.5, 0.6) is 5.75 Å². The number of aromatic nitrogens is 1. The highest BCUT2D eigenvalue weighted by Gasteiger charge is 2.46. The van der Waals surface area contributed by atoms with Gasteiger partial charge in [0, 0.05) is 42.7 Å². The van der Waals surface area contributed by atoms with Crippen molar-refractivity contribution in [1.29, 1.82) is 0 Å². The van der Waals surface area contributed by atoms with E-state index in [0.717, 1.165) is 17.7 Å². The van der Waals surface area contributed by atoms with Crippen LogP contribution in [0.15, 0.2) is 67.0 Å². The predicted molar refractivity (Wildman–Crippen MR) is 136 cm³/mol. The summed E-state index contributed by atoms with van der Waals surface area (Å²) in [5.74, 6) is 0.494. The second-order valence-corrected chi connectivity index (χ2v) is 9.89. The van der Waals surface area contributed by atoms with Crippen molar-refractivity contribution in [2.75, 3.05) is 18.5 Å². The van der Waals surface area contributed by atoms with Crippen LogP contribution in [0.4, 0.5) is 5.69 Å². The predicted octanol–water partition coefficient (Wildman–Crippen LogP) is 3.30. The van der Waals surface area contributed by atoms with Crippen molar-refractivity contribution in [1.82, 2.24) is 9.88 Å². The van der Waals surface area contributed by atoms with Gasteiger partial charge in [-0.25, -0.2) is 0 Å². The van der Waals surface area contributed by atoms with E-state index in [0.29, 0.717) is 30.8 Å². The SMILES string of the molecule is O=C(Nc1ccc2c(c1)[C@@H]1C[C@H](CC(=O)N3CCc4ccccc4C3)O[C@H](CO)[C@@H]1O2)c1cccnc1. The van der Waals surface area contributed by atoms with Crippen molar-refractivity contribution >= 4 is 17.5 Å². The number of anilines is 1. The molecule has 0 spiro atoms.